The minimum atomic E-state index is 0.564. The van der Waals surface area contributed by atoms with E-state index in [1.54, 1.807) is 18.3 Å². The van der Waals surface area contributed by atoms with Crippen molar-refractivity contribution >= 4 is 27.5 Å². The molecular formula is C12H9BrClNO. The van der Waals surface area contributed by atoms with E-state index >= 15 is 0 Å². The van der Waals surface area contributed by atoms with Crippen molar-refractivity contribution in [2.24, 2.45) is 0 Å². The van der Waals surface area contributed by atoms with E-state index in [-0.39, 0.29) is 0 Å². The maximum Gasteiger partial charge on any atom is 0.219 e. The monoisotopic (exact) mass is 297 g/mol. The van der Waals surface area contributed by atoms with Gasteiger partial charge in [-0.05, 0) is 52.7 Å². The van der Waals surface area contributed by atoms with E-state index in [0.29, 0.717) is 10.9 Å². The Morgan fingerprint density at radius 1 is 1.25 bits per heavy atom. The van der Waals surface area contributed by atoms with Crippen LogP contribution >= 0.6 is 27.5 Å². The third kappa shape index (κ3) is 2.74. The molecule has 1 aromatic carbocycles. The van der Waals surface area contributed by atoms with Crippen LogP contribution in [0.25, 0.3) is 0 Å². The summed E-state index contributed by atoms with van der Waals surface area (Å²) in [7, 11) is 0. The summed E-state index contributed by atoms with van der Waals surface area (Å²) < 4.78 is 6.55. The number of ether oxygens (including phenoxy) is 1. The van der Waals surface area contributed by atoms with Crippen LogP contribution in [-0.4, -0.2) is 4.98 Å². The highest BCUT2D eigenvalue weighted by molar-refractivity contribution is 9.10. The van der Waals surface area contributed by atoms with Crippen LogP contribution in [-0.2, 0) is 0 Å². The van der Waals surface area contributed by atoms with Crippen LogP contribution in [0, 0.1) is 6.92 Å². The molecule has 2 nitrogen and oxygen atoms in total. The molecular weight excluding hydrogens is 289 g/mol. The Bertz CT molecular complexity index is 499. The summed E-state index contributed by atoms with van der Waals surface area (Å²) >= 11 is 9.18. The average Bonchev–Trinajstić information content (AvgIpc) is 2.25. The zero-order valence-corrected chi connectivity index (χ0v) is 10.9. The molecule has 2 aromatic rings. The van der Waals surface area contributed by atoms with Gasteiger partial charge in [0.25, 0.3) is 0 Å². The van der Waals surface area contributed by atoms with E-state index in [4.69, 9.17) is 16.3 Å². The van der Waals surface area contributed by atoms with Crippen molar-refractivity contribution in [2.45, 2.75) is 6.92 Å². The molecule has 0 aliphatic rings. The third-order valence-corrected chi connectivity index (χ3v) is 2.76. The zero-order chi connectivity index (χ0) is 11.5. The second kappa shape index (κ2) is 4.85. The van der Waals surface area contributed by atoms with E-state index in [1.165, 1.54) is 0 Å². The van der Waals surface area contributed by atoms with Gasteiger partial charge in [0.1, 0.15) is 5.75 Å². The average molecular weight is 299 g/mol. The number of pyridine rings is 1. The normalized spacial score (nSPS) is 10.2. The standard InChI is InChI=1S/C12H9BrClNO/c1-8-6-10(14)3-4-11(8)16-12-5-2-9(13)7-15-12/h2-7H,1H3. The fourth-order valence-corrected chi connectivity index (χ4v) is 1.72. The quantitative estimate of drug-likeness (QED) is 0.808. The number of aromatic nitrogens is 1. The minimum absolute atomic E-state index is 0.564. The first-order valence-corrected chi connectivity index (χ1v) is 5.88. The van der Waals surface area contributed by atoms with Gasteiger partial charge in [-0.15, -0.1) is 0 Å². The van der Waals surface area contributed by atoms with E-state index < -0.39 is 0 Å². The third-order valence-electron chi connectivity index (χ3n) is 2.05. The molecule has 0 spiro atoms. The fourth-order valence-electron chi connectivity index (χ4n) is 1.26. The van der Waals surface area contributed by atoms with Crippen LogP contribution in [0.3, 0.4) is 0 Å². The van der Waals surface area contributed by atoms with Crippen LogP contribution in [0.4, 0.5) is 0 Å². The van der Waals surface area contributed by atoms with E-state index in [9.17, 15) is 0 Å². The molecule has 0 bridgehead atoms. The lowest BCUT2D eigenvalue weighted by molar-refractivity contribution is 0.459. The first kappa shape index (κ1) is 11.4. The van der Waals surface area contributed by atoms with Gasteiger partial charge in [0.05, 0.1) is 0 Å². The Morgan fingerprint density at radius 3 is 2.69 bits per heavy atom. The second-order valence-corrected chi connectivity index (χ2v) is 4.68. The summed E-state index contributed by atoms with van der Waals surface area (Å²) in [5.41, 5.74) is 0.984. The Hall–Kier alpha value is -1.06. The van der Waals surface area contributed by atoms with Gasteiger partial charge in [0.15, 0.2) is 0 Å². The number of benzene rings is 1. The van der Waals surface area contributed by atoms with Crippen LogP contribution in [0.5, 0.6) is 11.6 Å². The van der Waals surface area contributed by atoms with Crippen molar-refractivity contribution in [1.29, 1.82) is 0 Å². The van der Waals surface area contributed by atoms with Gasteiger partial charge < -0.3 is 4.74 Å². The predicted molar refractivity (Wildman–Crippen MR) is 68.2 cm³/mol. The van der Waals surface area contributed by atoms with Crippen molar-refractivity contribution in [2.75, 3.05) is 0 Å². The SMILES string of the molecule is Cc1cc(Cl)ccc1Oc1ccc(Br)cn1. The molecule has 0 saturated heterocycles. The zero-order valence-electron chi connectivity index (χ0n) is 8.58. The van der Waals surface area contributed by atoms with Crippen molar-refractivity contribution in [3.8, 4) is 11.6 Å². The topological polar surface area (TPSA) is 22.1 Å². The number of hydrogen-bond donors (Lipinski definition) is 0. The number of aryl methyl sites for hydroxylation is 1. The van der Waals surface area contributed by atoms with Gasteiger partial charge in [-0.2, -0.15) is 0 Å². The molecule has 0 aliphatic carbocycles. The lowest BCUT2D eigenvalue weighted by atomic mass is 10.2. The molecule has 1 aromatic heterocycles. The summed E-state index contributed by atoms with van der Waals surface area (Å²) in [6.45, 7) is 1.94. The summed E-state index contributed by atoms with van der Waals surface area (Å²) in [6.07, 6.45) is 1.70. The maximum atomic E-state index is 5.86. The Morgan fingerprint density at radius 2 is 2.06 bits per heavy atom. The van der Waals surface area contributed by atoms with Gasteiger partial charge in [0, 0.05) is 21.8 Å². The molecule has 0 N–H and O–H groups in total. The molecule has 2 rings (SSSR count). The summed E-state index contributed by atoms with van der Waals surface area (Å²) in [5, 5.41) is 0.702. The van der Waals surface area contributed by atoms with Crippen molar-refractivity contribution in [3.63, 3.8) is 0 Å². The summed E-state index contributed by atoms with van der Waals surface area (Å²) in [6, 6.07) is 9.17. The molecule has 4 heteroatoms. The summed E-state index contributed by atoms with van der Waals surface area (Å²) in [5.74, 6) is 1.33. The second-order valence-electron chi connectivity index (χ2n) is 3.33. The Labute approximate surface area is 107 Å². The highest BCUT2D eigenvalue weighted by Crippen LogP contribution is 2.26. The van der Waals surface area contributed by atoms with E-state index in [0.717, 1.165) is 15.8 Å². The van der Waals surface area contributed by atoms with E-state index in [1.807, 2.05) is 25.1 Å². The lowest BCUT2D eigenvalue weighted by Crippen LogP contribution is -1.89. The molecule has 0 radical (unpaired) electrons. The predicted octanol–water partition coefficient (Wildman–Crippen LogP) is 4.60. The van der Waals surface area contributed by atoms with Gasteiger partial charge in [-0.25, -0.2) is 4.98 Å². The van der Waals surface area contributed by atoms with Gasteiger partial charge in [-0.3, -0.25) is 0 Å². The molecule has 82 valence electrons. The number of rotatable bonds is 2. The smallest absolute Gasteiger partial charge is 0.219 e. The number of halogens is 2. The van der Waals surface area contributed by atoms with Crippen LogP contribution in [0.15, 0.2) is 41.0 Å². The van der Waals surface area contributed by atoms with Crippen molar-refractivity contribution in [3.05, 3.63) is 51.6 Å². The molecule has 0 aliphatic heterocycles. The fraction of sp³-hybridized carbons (Fsp3) is 0.0833. The maximum absolute atomic E-state index is 5.86. The first-order chi connectivity index (χ1) is 7.65. The first-order valence-electron chi connectivity index (χ1n) is 4.71. The van der Waals surface area contributed by atoms with Crippen molar-refractivity contribution < 1.29 is 4.74 Å². The Kier molecular flexibility index (Phi) is 3.46. The molecule has 0 unspecified atom stereocenters. The van der Waals surface area contributed by atoms with Gasteiger partial charge in [0.2, 0.25) is 5.88 Å². The molecule has 1 heterocycles. The highest BCUT2D eigenvalue weighted by Gasteiger charge is 2.02. The highest BCUT2D eigenvalue weighted by atomic mass is 79.9. The number of nitrogens with zero attached hydrogens (tertiary/aromatic N) is 1. The van der Waals surface area contributed by atoms with Gasteiger partial charge >= 0.3 is 0 Å². The number of hydrogen-bond acceptors (Lipinski definition) is 2. The van der Waals surface area contributed by atoms with Crippen LogP contribution in [0.2, 0.25) is 5.02 Å². The van der Waals surface area contributed by atoms with Crippen LogP contribution < -0.4 is 4.74 Å². The Balaban J connectivity index is 2.23. The van der Waals surface area contributed by atoms with Crippen molar-refractivity contribution in [1.82, 2.24) is 4.98 Å². The van der Waals surface area contributed by atoms with Gasteiger partial charge in [-0.1, -0.05) is 11.6 Å². The van der Waals surface area contributed by atoms with E-state index in [2.05, 4.69) is 20.9 Å². The largest absolute Gasteiger partial charge is 0.439 e. The molecule has 0 amide bonds. The molecule has 0 saturated carbocycles. The molecule has 0 atom stereocenters. The molecule has 0 fully saturated rings. The lowest BCUT2D eigenvalue weighted by Gasteiger charge is -2.07. The molecule has 16 heavy (non-hydrogen) atoms. The van der Waals surface area contributed by atoms with Crippen LogP contribution in [0.1, 0.15) is 5.56 Å². The minimum Gasteiger partial charge on any atom is -0.439 e. The summed E-state index contributed by atoms with van der Waals surface area (Å²) in [4.78, 5) is 4.14.